The van der Waals surface area contributed by atoms with E-state index in [1.54, 1.807) is 11.2 Å². The number of carbonyl (C=O) groups excluding carboxylic acids is 2. The van der Waals surface area contributed by atoms with Gasteiger partial charge in [0.2, 0.25) is 11.8 Å². The molecule has 110 valence electrons. The molecule has 0 aliphatic carbocycles. The Labute approximate surface area is 119 Å². The van der Waals surface area contributed by atoms with Crippen LogP contribution in [-0.4, -0.2) is 34.8 Å². The van der Waals surface area contributed by atoms with Crippen LogP contribution in [0.25, 0.3) is 0 Å². The van der Waals surface area contributed by atoms with Gasteiger partial charge in [-0.2, -0.15) is 0 Å². The van der Waals surface area contributed by atoms with E-state index in [2.05, 4.69) is 5.32 Å². The van der Waals surface area contributed by atoms with Gasteiger partial charge < -0.3 is 14.6 Å². The van der Waals surface area contributed by atoms with Crippen LogP contribution in [0.2, 0.25) is 0 Å². The SMILES string of the molecule is CCC1NC(=O)C(CC)N(C(C)Cc2ccco2)C1=O. The zero-order chi connectivity index (χ0) is 14.7. The fourth-order valence-electron chi connectivity index (χ4n) is 2.79. The van der Waals surface area contributed by atoms with Crippen LogP contribution < -0.4 is 5.32 Å². The molecule has 2 rings (SSSR count). The van der Waals surface area contributed by atoms with E-state index in [1.165, 1.54) is 0 Å². The van der Waals surface area contributed by atoms with Gasteiger partial charge in [0.05, 0.1) is 6.26 Å². The molecule has 0 spiro atoms. The first-order chi connectivity index (χ1) is 9.58. The van der Waals surface area contributed by atoms with E-state index < -0.39 is 6.04 Å². The maximum atomic E-state index is 12.5. The summed E-state index contributed by atoms with van der Waals surface area (Å²) in [6.07, 6.45) is 3.49. The summed E-state index contributed by atoms with van der Waals surface area (Å²) in [5.41, 5.74) is 0. The Morgan fingerprint density at radius 1 is 1.35 bits per heavy atom. The topological polar surface area (TPSA) is 62.6 Å². The van der Waals surface area contributed by atoms with E-state index >= 15 is 0 Å². The molecule has 1 N–H and O–H groups in total. The molecule has 2 amide bonds. The number of rotatable bonds is 5. The summed E-state index contributed by atoms with van der Waals surface area (Å²) < 4.78 is 5.34. The fraction of sp³-hybridized carbons (Fsp3) is 0.600. The fourth-order valence-corrected chi connectivity index (χ4v) is 2.79. The first-order valence-electron chi connectivity index (χ1n) is 7.23. The predicted molar refractivity (Wildman–Crippen MR) is 75.0 cm³/mol. The number of hydrogen-bond donors (Lipinski definition) is 1. The van der Waals surface area contributed by atoms with Crippen molar-refractivity contribution in [2.45, 2.75) is 58.2 Å². The number of nitrogens with zero attached hydrogens (tertiary/aromatic N) is 1. The van der Waals surface area contributed by atoms with Gasteiger partial charge in [0.1, 0.15) is 17.8 Å². The first-order valence-corrected chi connectivity index (χ1v) is 7.23. The molecule has 20 heavy (non-hydrogen) atoms. The molecule has 0 radical (unpaired) electrons. The van der Waals surface area contributed by atoms with Crippen LogP contribution >= 0.6 is 0 Å². The van der Waals surface area contributed by atoms with Crippen molar-refractivity contribution < 1.29 is 14.0 Å². The molecule has 2 heterocycles. The second kappa shape index (κ2) is 6.11. The molecule has 1 aliphatic rings. The Morgan fingerprint density at radius 3 is 2.65 bits per heavy atom. The van der Waals surface area contributed by atoms with Crippen molar-refractivity contribution in [2.24, 2.45) is 0 Å². The Bertz CT molecular complexity index is 469. The molecule has 0 bridgehead atoms. The van der Waals surface area contributed by atoms with Crippen LogP contribution in [0.1, 0.15) is 39.4 Å². The maximum absolute atomic E-state index is 12.5. The molecule has 5 heteroatoms. The normalized spacial score (nSPS) is 24.6. The van der Waals surface area contributed by atoms with Crippen molar-refractivity contribution >= 4 is 11.8 Å². The number of hydrogen-bond acceptors (Lipinski definition) is 3. The molecule has 1 aliphatic heterocycles. The lowest BCUT2D eigenvalue weighted by molar-refractivity contribution is -0.152. The van der Waals surface area contributed by atoms with Crippen LogP contribution in [0.3, 0.4) is 0 Å². The summed E-state index contributed by atoms with van der Waals surface area (Å²) in [6, 6.07) is 2.89. The van der Waals surface area contributed by atoms with Gasteiger partial charge in [-0.05, 0) is 31.9 Å². The minimum absolute atomic E-state index is 0.0120. The van der Waals surface area contributed by atoms with E-state index in [9.17, 15) is 9.59 Å². The highest BCUT2D eigenvalue weighted by atomic mass is 16.3. The van der Waals surface area contributed by atoms with Gasteiger partial charge in [-0.15, -0.1) is 0 Å². The van der Waals surface area contributed by atoms with E-state index in [1.807, 2.05) is 32.9 Å². The van der Waals surface area contributed by atoms with E-state index in [4.69, 9.17) is 4.42 Å². The molecular formula is C15H22N2O3. The lowest BCUT2D eigenvalue weighted by atomic mass is 9.99. The minimum atomic E-state index is -0.399. The Balaban J connectivity index is 2.19. The average Bonchev–Trinajstić information content (AvgIpc) is 2.92. The number of furan rings is 1. The third kappa shape index (κ3) is 2.71. The van der Waals surface area contributed by atoms with E-state index in [0.717, 1.165) is 5.76 Å². The molecule has 1 aromatic rings. The summed E-state index contributed by atoms with van der Waals surface area (Å²) >= 11 is 0. The van der Waals surface area contributed by atoms with E-state index in [-0.39, 0.29) is 23.9 Å². The van der Waals surface area contributed by atoms with Gasteiger partial charge in [-0.1, -0.05) is 13.8 Å². The maximum Gasteiger partial charge on any atom is 0.246 e. The standard InChI is InChI=1S/C15H22N2O3/c1-4-12-15(19)17(13(5-2)14(18)16-12)10(3)9-11-7-6-8-20-11/h6-8,10,12-13H,4-5,9H2,1-3H3,(H,16,18). The molecule has 5 nitrogen and oxygen atoms in total. The summed E-state index contributed by atoms with van der Waals surface area (Å²) in [5, 5.41) is 2.81. The van der Waals surface area contributed by atoms with Gasteiger partial charge in [-0.3, -0.25) is 9.59 Å². The Kier molecular flexibility index (Phi) is 4.47. The van der Waals surface area contributed by atoms with Crippen LogP contribution in [0.15, 0.2) is 22.8 Å². The van der Waals surface area contributed by atoms with Gasteiger partial charge in [0.15, 0.2) is 0 Å². The summed E-state index contributed by atoms with van der Waals surface area (Å²) in [6.45, 7) is 5.80. The minimum Gasteiger partial charge on any atom is -0.469 e. The van der Waals surface area contributed by atoms with Gasteiger partial charge >= 0.3 is 0 Å². The monoisotopic (exact) mass is 278 g/mol. The highest BCUT2D eigenvalue weighted by Crippen LogP contribution is 2.20. The largest absolute Gasteiger partial charge is 0.469 e. The summed E-state index contributed by atoms with van der Waals surface area (Å²) in [5.74, 6) is 0.794. The molecule has 1 saturated heterocycles. The number of nitrogens with one attached hydrogen (secondary N) is 1. The van der Waals surface area contributed by atoms with E-state index in [0.29, 0.717) is 19.3 Å². The Morgan fingerprint density at radius 2 is 2.10 bits per heavy atom. The summed E-state index contributed by atoms with van der Waals surface area (Å²) in [7, 11) is 0. The lowest BCUT2D eigenvalue weighted by Crippen LogP contribution is -2.65. The third-order valence-corrected chi connectivity index (χ3v) is 3.85. The molecular weight excluding hydrogens is 256 g/mol. The van der Waals surface area contributed by atoms with Crippen LogP contribution in [0.4, 0.5) is 0 Å². The van der Waals surface area contributed by atoms with Crippen LogP contribution in [0.5, 0.6) is 0 Å². The number of amides is 2. The second-order valence-corrected chi connectivity index (χ2v) is 5.27. The number of carbonyl (C=O) groups is 2. The second-order valence-electron chi connectivity index (χ2n) is 5.27. The molecule has 3 atom stereocenters. The highest BCUT2D eigenvalue weighted by molar-refractivity contribution is 5.97. The number of piperazine rings is 1. The van der Waals surface area contributed by atoms with Crippen LogP contribution in [0, 0.1) is 0 Å². The van der Waals surface area contributed by atoms with Gasteiger partial charge in [0.25, 0.3) is 0 Å². The molecule has 0 saturated carbocycles. The van der Waals surface area contributed by atoms with Gasteiger partial charge in [0, 0.05) is 12.5 Å². The third-order valence-electron chi connectivity index (χ3n) is 3.85. The van der Waals surface area contributed by atoms with Gasteiger partial charge in [-0.25, -0.2) is 0 Å². The zero-order valence-electron chi connectivity index (χ0n) is 12.3. The molecule has 3 unspecified atom stereocenters. The van der Waals surface area contributed by atoms with Crippen molar-refractivity contribution in [1.29, 1.82) is 0 Å². The Hall–Kier alpha value is -1.78. The van der Waals surface area contributed by atoms with Crippen molar-refractivity contribution in [3.05, 3.63) is 24.2 Å². The molecule has 1 aromatic heterocycles. The van der Waals surface area contributed by atoms with Crippen molar-refractivity contribution in [1.82, 2.24) is 10.2 Å². The van der Waals surface area contributed by atoms with Crippen molar-refractivity contribution in [3.63, 3.8) is 0 Å². The quantitative estimate of drug-likeness (QED) is 0.892. The predicted octanol–water partition coefficient (Wildman–Crippen LogP) is 1.73. The lowest BCUT2D eigenvalue weighted by Gasteiger charge is -2.41. The summed E-state index contributed by atoms with van der Waals surface area (Å²) in [4.78, 5) is 26.4. The van der Waals surface area contributed by atoms with Crippen molar-refractivity contribution in [3.8, 4) is 0 Å². The smallest absolute Gasteiger partial charge is 0.246 e. The molecule has 0 aromatic carbocycles. The highest BCUT2D eigenvalue weighted by Gasteiger charge is 2.41. The average molecular weight is 278 g/mol. The van der Waals surface area contributed by atoms with Crippen LogP contribution in [-0.2, 0) is 16.0 Å². The molecule has 1 fully saturated rings. The first kappa shape index (κ1) is 14.6. The van der Waals surface area contributed by atoms with Crippen molar-refractivity contribution in [2.75, 3.05) is 0 Å². The zero-order valence-corrected chi connectivity index (χ0v) is 12.3.